The normalized spacial score (nSPS) is 21.2. The molecule has 0 bridgehead atoms. The van der Waals surface area contributed by atoms with Crippen LogP contribution in [0.1, 0.15) is 12.8 Å². The molecule has 1 unspecified atom stereocenters. The molecular weight excluding hydrogens is 372 g/mol. The lowest BCUT2D eigenvalue weighted by Crippen LogP contribution is -2.52. The molecule has 148 valence electrons. The molecule has 10 heteroatoms. The van der Waals surface area contributed by atoms with E-state index in [9.17, 15) is 18.0 Å². The number of nitrogens with zero attached hydrogens (tertiary/aromatic N) is 2. The summed E-state index contributed by atoms with van der Waals surface area (Å²) in [4.78, 5) is 28.3. The van der Waals surface area contributed by atoms with Crippen LogP contribution >= 0.6 is 0 Å². The zero-order chi connectivity index (χ0) is 19.4. The number of benzene rings is 1. The smallest absolute Gasteiger partial charge is 0.251 e. The summed E-state index contributed by atoms with van der Waals surface area (Å²) in [6, 6.07) is 5.82. The first kappa shape index (κ1) is 19.7. The van der Waals surface area contributed by atoms with Gasteiger partial charge in [0.2, 0.25) is 15.9 Å². The highest BCUT2D eigenvalue weighted by molar-refractivity contribution is 7.89. The van der Waals surface area contributed by atoms with Crippen LogP contribution in [0.3, 0.4) is 0 Å². The van der Waals surface area contributed by atoms with Crippen LogP contribution in [0, 0.1) is 0 Å². The molecule has 2 amide bonds. The standard InChI is InChI=1S/C17H24N4O5S/c18-27(24,25)14-4-1-3-13(11-14)19-16(22)12-20-6-8-21(9-7-20)17(23)15-5-2-10-26-15/h1,3-4,11,15H,2,5-10,12H2,(H,19,22)(H2,18,24,25). The summed E-state index contributed by atoms with van der Waals surface area (Å²) < 4.78 is 28.2. The monoisotopic (exact) mass is 396 g/mol. The molecule has 2 saturated heterocycles. The van der Waals surface area contributed by atoms with Crippen LogP contribution in [-0.4, -0.2) is 75.5 Å². The van der Waals surface area contributed by atoms with Crippen molar-refractivity contribution in [3.05, 3.63) is 24.3 Å². The second-order valence-electron chi connectivity index (χ2n) is 6.72. The number of sulfonamides is 1. The summed E-state index contributed by atoms with van der Waals surface area (Å²) in [5.41, 5.74) is 0.374. The lowest BCUT2D eigenvalue weighted by atomic mass is 10.2. The fraction of sp³-hybridized carbons (Fsp3) is 0.529. The van der Waals surface area contributed by atoms with E-state index in [0.717, 1.165) is 12.8 Å². The zero-order valence-corrected chi connectivity index (χ0v) is 15.8. The number of anilines is 1. The van der Waals surface area contributed by atoms with E-state index >= 15 is 0 Å². The lowest BCUT2D eigenvalue weighted by Gasteiger charge is -2.35. The van der Waals surface area contributed by atoms with Crippen LogP contribution in [-0.2, 0) is 24.3 Å². The fourth-order valence-corrected chi connectivity index (χ4v) is 3.82. The van der Waals surface area contributed by atoms with E-state index in [1.165, 1.54) is 18.2 Å². The number of amides is 2. The Hall–Kier alpha value is -2.01. The number of hydrogen-bond acceptors (Lipinski definition) is 6. The van der Waals surface area contributed by atoms with E-state index in [2.05, 4.69) is 5.32 Å². The topological polar surface area (TPSA) is 122 Å². The Morgan fingerprint density at radius 3 is 2.59 bits per heavy atom. The maximum absolute atomic E-state index is 12.3. The van der Waals surface area contributed by atoms with Crippen LogP contribution in [0.25, 0.3) is 0 Å². The van der Waals surface area contributed by atoms with Gasteiger partial charge in [-0.25, -0.2) is 13.6 Å². The van der Waals surface area contributed by atoms with E-state index < -0.39 is 10.0 Å². The van der Waals surface area contributed by atoms with E-state index in [1.54, 1.807) is 11.0 Å². The van der Waals surface area contributed by atoms with Gasteiger partial charge in [0.05, 0.1) is 11.4 Å². The first-order chi connectivity index (χ1) is 12.8. The van der Waals surface area contributed by atoms with E-state index in [-0.39, 0.29) is 29.4 Å². The zero-order valence-electron chi connectivity index (χ0n) is 15.0. The minimum absolute atomic E-state index is 0.0383. The Kier molecular flexibility index (Phi) is 6.10. The molecule has 2 fully saturated rings. The molecule has 3 N–H and O–H groups in total. The van der Waals surface area contributed by atoms with Crippen molar-refractivity contribution in [3.8, 4) is 0 Å². The Balaban J connectivity index is 1.48. The molecule has 27 heavy (non-hydrogen) atoms. The van der Waals surface area contributed by atoms with Gasteiger partial charge in [-0.05, 0) is 31.0 Å². The molecule has 0 radical (unpaired) electrons. The van der Waals surface area contributed by atoms with Gasteiger partial charge in [-0.1, -0.05) is 6.07 Å². The van der Waals surface area contributed by atoms with E-state index in [0.29, 0.717) is 38.5 Å². The second-order valence-corrected chi connectivity index (χ2v) is 8.29. The summed E-state index contributed by atoms with van der Waals surface area (Å²) in [6.45, 7) is 3.14. The first-order valence-corrected chi connectivity index (χ1v) is 10.4. The number of piperazine rings is 1. The van der Waals surface area contributed by atoms with E-state index in [1.807, 2.05) is 4.90 Å². The minimum atomic E-state index is -3.82. The van der Waals surface area contributed by atoms with Crippen molar-refractivity contribution in [3.63, 3.8) is 0 Å². The van der Waals surface area contributed by atoms with Gasteiger partial charge >= 0.3 is 0 Å². The Morgan fingerprint density at radius 2 is 1.96 bits per heavy atom. The third-order valence-electron chi connectivity index (χ3n) is 4.70. The SMILES string of the molecule is NS(=O)(=O)c1cccc(NC(=O)CN2CCN(C(=O)C3CCCO3)CC2)c1. The number of hydrogen-bond donors (Lipinski definition) is 2. The van der Waals surface area contributed by atoms with Crippen molar-refractivity contribution in [2.45, 2.75) is 23.8 Å². The molecule has 3 rings (SSSR count). The average molecular weight is 396 g/mol. The molecule has 0 aromatic heterocycles. The molecule has 2 aliphatic rings. The minimum Gasteiger partial charge on any atom is -0.368 e. The van der Waals surface area contributed by atoms with Gasteiger partial charge in [-0.15, -0.1) is 0 Å². The number of nitrogens with one attached hydrogen (secondary N) is 1. The van der Waals surface area contributed by atoms with Gasteiger partial charge in [0.15, 0.2) is 0 Å². The van der Waals surface area contributed by atoms with Gasteiger partial charge in [0, 0.05) is 38.5 Å². The highest BCUT2D eigenvalue weighted by atomic mass is 32.2. The third kappa shape index (κ3) is 5.25. The summed E-state index contributed by atoms with van der Waals surface area (Å²) in [6.07, 6.45) is 1.38. The number of ether oxygens (including phenoxy) is 1. The molecule has 9 nitrogen and oxygen atoms in total. The molecule has 0 spiro atoms. The number of primary sulfonamides is 1. The summed E-state index contributed by atoms with van der Waals surface area (Å²) in [5.74, 6) is -0.211. The van der Waals surface area contributed by atoms with Crippen LogP contribution in [0.5, 0.6) is 0 Å². The number of carbonyl (C=O) groups is 2. The van der Waals surface area contributed by atoms with Crippen molar-refractivity contribution in [2.24, 2.45) is 5.14 Å². The van der Waals surface area contributed by atoms with Crippen LogP contribution < -0.4 is 10.5 Å². The van der Waals surface area contributed by atoms with Crippen molar-refractivity contribution in [2.75, 3.05) is 44.6 Å². The largest absolute Gasteiger partial charge is 0.368 e. The van der Waals surface area contributed by atoms with Crippen molar-refractivity contribution < 1.29 is 22.7 Å². The number of carbonyl (C=O) groups excluding carboxylic acids is 2. The quantitative estimate of drug-likeness (QED) is 0.698. The predicted octanol–water partition coefficient (Wildman–Crippen LogP) is -0.404. The molecule has 1 atom stereocenters. The summed E-state index contributed by atoms with van der Waals surface area (Å²) in [7, 11) is -3.82. The van der Waals surface area contributed by atoms with Crippen molar-refractivity contribution >= 4 is 27.5 Å². The maximum Gasteiger partial charge on any atom is 0.251 e. The fourth-order valence-electron chi connectivity index (χ4n) is 3.26. The molecule has 1 aromatic rings. The van der Waals surface area contributed by atoms with Gasteiger partial charge in [-0.2, -0.15) is 0 Å². The van der Waals surface area contributed by atoms with Crippen molar-refractivity contribution in [1.29, 1.82) is 0 Å². The van der Waals surface area contributed by atoms with Crippen LogP contribution in [0.4, 0.5) is 5.69 Å². The molecule has 1 aromatic carbocycles. The average Bonchev–Trinajstić information content (AvgIpc) is 3.16. The highest BCUT2D eigenvalue weighted by Crippen LogP contribution is 2.16. The van der Waals surface area contributed by atoms with E-state index in [4.69, 9.17) is 9.88 Å². The molecular formula is C17H24N4O5S. The van der Waals surface area contributed by atoms with Crippen molar-refractivity contribution in [1.82, 2.24) is 9.80 Å². The number of nitrogens with two attached hydrogens (primary N) is 1. The molecule has 0 saturated carbocycles. The predicted molar refractivity (Wildman–Crippen MR) is 98.4 cm³/mol. The maximum atomic E-state index is 12.3. The van der Waals surface area contributed by atoms with Crippen LogP contribution in [0.15, 0.2) is 29.2 Å². The molecule has 2 heterocycles. The Labute approximate surface area is 158 Å². The Bertz CT molecular complexity index is 799. The Morgan fingerprint density at radius 1 is 1.22 bits per heavy atom. The lowest BCUT2D eigenvalue weighted by molar-refractivity contribution is -0.142. The number of rotatable bonds is 5. The molecule has 2 aliphatic heterocycles. The summed E-state index contributed by atoms with van der Waals surface area (Å²) >= 11 is 0. The summed E-state index contributed by atoms with van der Waals surface area (Å²) in [5, 5.41) is 7.78. The van der Waals surface area contributed by atoms with Crippen LogP contribution in [0.2, 0.25) is 0 Å². The molecule has 0 aliphatic carbocycles. The second kappa shape index (κ2) is 8.34. The van der Waals surface area contributed by atoms with Gasteiger partial charge in [0.25, 0.3) is 5.91 Å². The highest BCUT2D eigenvalue weighted by Gasteiger charge is 2.30. The van der Waals surface area contributed by atoms with Gasteiger partial charge in [-0.3, -0.25) is 14.5 Å². The van der Waals surface area contributed by atoms with Gasteiger partial charge in [0.1, 0.15) is 6.10 Å². The first-order valence-electron chi connectivity index (χ1n) is 8.88. The third-order valence-corrected chi connectivity index (χ3v) is 5.61. The van der Waals surface area contributed by atoms with Gasteiger partial charge < -0.3 is 15.0 Å².